The molecule has 0 amide bonds. The van der Waals surface area contributed by atoms with Crippen molar-refractivity contribution in [1.82, 2.24) is 15.5 Å². The number of halogens is 2. The van der Waals surface area contributed by atoms with E-state index in [-0.39, 0.29) is 17.7 Å². The molecule has 0 aliphatic rings. The van der Waals surface area contributed by atoms with Gasteiger partial charge in [0.1, 0.15) is 5.54 Å². The molecule has 0 unspecified atom stereocenters. The molecule has 0 fully saturated rings. The average molecular weight is 436 g/mol. The first-order chi connectivity index (χ1) is 14.7. The Labute approximate surface area is 185 Å². The lowest BCUT2D eigenvalue weighted by Crippen LogP contribution is -2.46. The first-order valence-corrected chi connectivity index (χ1v) is 10.6. The second kappa shape index (κ2) is 9.32. The lowest BCUT2D eigenvalue weighted by molar-refractivity contribution is 0.311. The smallest absolute Gasteiger partial charge is 0.294 e. The van der Waals surface area contributed by atoms with Gasteiger partial charge in [-0.1, -0.05) is 71.7 Å². The lowest BCUT2D eigenvalue weighted by Gasteiger charge is -2.27. The monoisotopic (exact) mass is 435 g/mol. The van der Waals surface area contributed by atoms with E-state index in [1.54, 1.807) is 0 Å². The Hall–Kier alpha value is -2.84. The van der Waals surface area contributed by atoms with Gasteiger partial charge in [-0.05, 0) is 34.4 Å². The van der Waals surface area contributed by atoms with Gasteiger partial charge in [-0.15, -0.1) is 28.3 Å². The molecule has 6 heteroatoms. The van der Waals surface area contributed by atoms with Gasteiger partial charge in [-0.25, -0.2) is 0 Å². The maximum atomic E-state index is 6.31. The number of hydrogen-bond donors (Lipinski definition) is 1. The molecule has 0 radical (unpaired) electrons. The van der Waals surface area contributed by atoms with Crippen molar-refractivity contribution in [2.45, 2.75) is 12.1 Å². The summed E-state index contributed by atoms with van der Waals surface area (Å²) in [7, 11) is 0. The standard InChI is InChI=1S/C24H19Cl2N3O/c25-16-24(17-26,27-15-20-11-6-10-19-9-4-5-12-21(19)20)23-29-28-22(30-23)14-13-18-7-2-1-3-8-18/h1-12,27H,15-17H2. The van der Waals surface area contributed by atoms with Crippen molar-refractivity contribution in [3.63, 3.8) is 0 Å². The summed E-state index contributed by atoms with van der Waals surface area (Å²) in [5, 5.41) is 14.0. The minimum Gasteiger partial charge on any atom is -0.412 e. The Kier molecular flexibility index (Phi) is 6.35. The van der Waals surface area contributed by atoms with E-state index in [1.165, 1.54) is 10.8 Å². The Morgan fingerprint density at radius 2 is 1.57 bits per heavy atom. The van der Waals surface area contributed by atoms with Crippen molar-refractivity contribution >= 4 is 34.0 Å². The highest BCUT2D eigenvalue weighted by atomic mass is 35.5. The second-order valence-corrected chi connectivity index (χ2v) is 7.40. The normalized spacial score (nSPS) is 11.3. The zero-order valence-electron chi connectivity index (χ0n) is 16.1. The van der Waals surface area contributed by atoms with Crippen LogP contribution in [0.4, 0.5) is 0 Å². The van der Waals surface area contributed by atoms with Crippen molar-refractivity contribution in [1.29, 1.82) is 0 Å². The summed E-state index contributed by atoms with van der Waals surface area (Å²) >= 11 is 12.6. The molecule has 0 atom stereocenters. The number of nitrogens with zero attached hydrogens (tertiary/aromatic N) is 2. The number of hydrogen-bond acceptors (Lipinski definition) is 4. The Morgan fingerprint density at radius 3 is 2.37 bits per heavy atom. The van der Waals surface area contributed by atoms with Crippen molar-refractivity contribution in [2.75, 3.05) is 11.8 Å². The van der Waals surface area contributed by atoms with Crippen LogP contribution in [0.1, 0.15) is 22.9 Å². The van der Waals surface area contributed by atoms with E-state index in [1.807, 2.05) is 48.5 Å². The van der Waals surface area contributed by atoms with E-state index in [4.69, 9.17) is 27.6 Å². The molecular formula is C24H19Cl2N3O. The fraction of sp³-hybridized carbons (Fsp3) is 0.167. The van der Waals surface area contributed by atoms with Crippen LogP contribution >= 0.6 is 23.2 Å². The van der Waals surface area contributed by atoms with Crippen molar-refractivity contribution in [2.24, 2.45) is 0 Å². The van der Waals surface area contributed by atoms with Crippen LogP contribution in [0.3, 0.4) is 0 Å². The summed E-state index contributed by atoms with van der Waals surface area (Å²) in [6, 6.07) is 24.0. The van der Waals surface area contributed by atoms with E-state index in [0.29, 0.717) is 12.4 Å². The number of benzene rings is 3. The van der Waals surface area contributed by atoms with Crippen LogP contribution in [0.15, 0.2) is 77.2 Å². The average Bonchev–Trinajstić information content (AvgIpc) is 3.29. The van der Waals surface area contributed by atoms with Gasteiger partial charge >= 0.3 is 0 Å². The third-order valence-electron chi connectivity index (χ3n) is 4.88. The molecule has 4 rings (SSSR count). The van der Waals surface area contributed by atoms with Gasteiger partial charge in [-0.2, -0.15) is 0 Å². The zero-order chi connectivity index (χ0) is 20.8. The predicted octanol–water partition coefficient (Wildman–Crippen LogP) is 5.09. The SMILES string of the molecule is ClCC(CCl)(NCc1cccc2ccccc12)c1nnc(C#Cc2ccccc2)o1. The number of nitrogens with one attached hydrogen (secondary N) is 1. The molecule has 4 aromatic rings. The molecule has 1 N–H and O–H groups in total. The summed E-state index contributed by atoms with van der Waals surface area (Å²) in [6.07, 6.45) is 0. The fourth-order valence-electron chi connectivity index (χ4n) is 3.15. The van der Waals surface area contributed by atoms with Gasteiger partial charge in [0.2, 0.25) is 5.89 Å². The zero-order valence-corrected chi connectivity index (χ0v) is 17.6. The van der Waals surface area contributed by atoms with Crippen LogP contribution in [-0.2, 0) is 12.1 Å². The van der Waals surface area contributed by atoms with Crippen LogP contribution in [0, 0.1) is 11.8 Å². The minimum absolute atomic E-state index is 0.176. The lowest BCUT2D eigenvalue weighted by atomic mass is 10.0. The Balaban J connectivity index is 1.57. The van der Waals surface area contributed by atoms with Gasteiger partial charge in [0.15, 0.2) is 0 Å². The minimum atomic E-state index is -0.861. The van der Waals surface area contributed by atoms with E-state index >= 15 is 0 Å². The third kappa shape index (κ3) is 4.34. The molecule has 0 saturated heterocycles. The van der Waals surface area contributed by atoms with E-state index < -0.39 is 5.54 Å². The highest BCUT2D eigenvalue weighted by molar-refractivity contribution is 6.22. The largest absolute Gasteiger partial charge is 0.412 e. The van der Waals surface area contributed by atoms with Gasteiger partial charge in [0.05, 0.1) is 11.8 Å². The quantitative estimate of drug-likeness (QED) is 0.338. The summed E-state index contributed by atoms with van der Waals surface area (Å²) in [6.45, 7) is 0.550. The summed E-state index contributed by atoms with van der Waals surface area (Å²) in [5.74, 6) is 6.80. The molecule has 0 aliphatic heterocycles. The topological polar surface area (TPSA) is 51.0 Å². The van der Waals surface area contributed by atoms with Crippen LogP contribution in [-0.4, -0.2) is 22.0 Å². The van der Waals surface area contributed by atoms with Crippen LogP contribution in [0.2, 0.25) is 0 Å². The van der Waals surface area contributed by atoms with Gasteiger partial charge in [0.25, 0.3) is 5.89 Å². The van der Waals surface area contributed by atoms with Gasteiger partial charge < -0.3 is 4.42 Å². The fourth-order valence-corrected chi connectivity index (χ4v) is 3.85. The number of aromatic nitrogens is 2. The molecular weight excluding hydrogens is 417 g/mol. The second-order valence-electron chi connectivity index (χ2n) is 6.87. The Morgan fingerprint density at radius 1 is 0.833 bits per heavy atom. The number of alkyl halides is 2. The molecule has 0 aliphatic carbocycles. The first-order valence-electron chi connectivity index (χ1n) is 9.49. The Bertz CT molecular complexity index is 1190. The van der Waals surface area contributed by atoms with Crippen molar-refractivity contribution < 1.29 is 4.42 Å². The molecule has 150 valence electrons. The summed E-state index contributed by atoms with van der Waals surface area (Å²) in [4.78, 5) is 0. The highest BCUT2D eigenvalue weighted by Crippen LogP contribution is 2.26. The van der Waals surface area contributed by atoms with Crippen LogP contribution < -0.4 is 5.32 Å². The molecule has 0 saturated carbocycles. The van der Waals surface area contributed by atoms with E-state index in [9.17, 15) is 0 Å². The predicted molar refractivity (Wildman–Crippen MR) is 121 cm³/mol. The van der Waals surface area contributed by atoms with Gasteiger partial charge in [0, 0.05) is 12.1 Å². The molecule has 0 bridgehead atoms. The third-order valence-corrected chi connectivity index (χ3v) is 5.79. The van der Waals surface area contributed by atoms with Crippen LogP contribution in [0.25, 0.3) is 10.8 Å². The molecule has 4 nitrogen and oxygen atoms in total. The maximum Gasteiger partial charge on any atom is 0.294 e. The van der Waals surface area contributed by atoms with E-state index in [0.717, 1.165) is 11.1 Å². The molecule has 30 heavy (non-hydrogen) atoms. The van der Waals surface area contributed by atoms with E-state index in [2.05, 4.69) is 51.6 Å². The molecule has 3 aromatic carbocycles. The maximum absolute atomic E-state index is 6.31. The summed E-state index contributed by atoms with van der Waals surface area (Å²) in [5.41, 5.74) is 1.14. The number of rotatable bonds is 6. The highest BCUT2D eigenvalue weighted by Gasteiger charge is 2.36. The van der Waals surface area contributed by atoms with Crippen LogP contribution in [0.5, 0.6) is 0 Å². The van der Waals surface area contributed by atoms with Crippen molar-refractivity contribution in [3.05, 3.63) is 95.7 Å². The molecule has 1 aromatic heterocycles. The van der Waals surface area contributed by atoms with Crippen molar-refractivity contribution in [3.8, 4) is 11.8 Å². The number of fused-ring (bicyclic) bond motifs is 1. The first kappa shape index (κ1) is 20.4. The summed E-state index contributed by atoms with van der Waals surface area (Å²) < 4.78 is 5.80. The molecule has 1 heterocycles. The van der Waals surface area contributed by atoms with Gasteiger partial charge in [-0.3, -0.25) is 5.32 Å². The molecule has 0 spiro atoms.